The molecule has 3 aromatic rings. The molecule has 0 aliphatic carbocycles. The second-order valence-corrected chi connectivity index (χ2v) is 8.06. The van der Waals surface area contributed by atoms with E-state index in [1.165, 1.54) is 6.07 Å². The summed E-state index contributed by atoms with van der Waals surface area (Å²) in [7, 11) is 3.90. The van der Waals surface area contributed by atoms with E-state index in [9.17, 15) is 9.18 Å². The fraction of sp³-hybridized carbons (Fsp3) is 0.333. The van der Waals surface area contributed by atoms with Gasteiger partial charge in [-0.3, -0.25) is 9.78 Å². The van der Waals surface area contributed by atoms with E-state index in [1.54, 1.807) is 30.6 Å². The third kappa shape index (κ3) is 4.87. The minimum Gasteiger partial charge on any atom is -0.363 e. The summed E-state index contributed by atoms with van der Waals surface area (Å²) in [6, 6.07) is 12.3. The molecule has 0 radical (unpaired) electrons. The molecule has 0 N–H and O–H groups in total. The van der Waals surface area contributed by atoms with Gasteiger partial charge in [0.2, 0.25) is 5.91 Å². The average Bonchev–Trinajstić information content (AvgIpc) is 2.81. The van der Waals surface area contributed by atoms with Crippen LogP contribution in [-0.2, 0) is 11.2 Å². The van der Waals surface area contributed by atoms with Crippen LogP contribution in [0, 0.1) is 5.82 Å². The maximum atomic E-state index is 14.0. The summed E-state index contributed by atoms with van der Waals surface area (Å²) in [6.45, 7) is 1.26. The highest BCUT2D eigenvalue weighted by atomic mass is 19.1. The predicted octanol–water partition coefficient (Wildman–Crippen LogP) is 3.69. The standard InChI is InChI=1S/C24H26FN5O/c1-29(2)22-14-21(27-24(28-22)18-8-5-11-26-15-18)19-9-6-12-30(16-19)23(31)13-17-7-3-4-10-20(17)25/h3-5,7-8,10-11,14-15,19H,6,9,12-13,16H2,1-2H3. The van der Waals surface area contributed by atoms with Crippen molar-refractivity contribution >= 4 is 11.7 Å². The smallest absolute Gasteiger partial charge is 0.227 e. The van der Waals surface area contributed by atoms with Crippen molar-refractivity contribution in [2.45, 2.75) is 25.2 Å². The van der Waals surface area contributed by atoms with E-state index >= 15 is 0 Å². The number of halogens is 1. The lowest BCUT2D eigenvalue weighted by atomic mass is 9.93. The number of likely N-dealkylation sites (tertiary alicyclic amines) is 1. The molecule has 0 bridgehead atoms. The molecule has 1 unspecified atom stereocenters. The molecule has 1 amide bonds. The Hall–Kier alpha value is -3.35. The molecule has 6 nitrogen and oxygen atoms in total. The summed E-state index contributed by atoms with van der Waals surface area (Å²) in [5.74, 6) is 1.17. The largest absolute Gasteiger partial charge is 0.363 e. The quantitative estimate of drug-likeness (QED) is 0.631. The molecule has 0 saturated carbocycles. The molecule has 31 heavy (non-hydrogen) atoms. The first-order valence-electron chi connectivity index (χ1n) is 10.5. The van der Waals surface area contributed by atoms with E-state index in [2.05, 4.69) is 9.97 Å². The number of hydrogen-bond acceptors (Lipinski definition) is 5. The highest BCUT2D eigenvalue weighted by molar-refractivity contribution is 5.79. The van der Waals surface area contributed by atoms with Crippen LogP contribution >= 0.6 is 0 Å². The van der Waals surface area contributed by atoms with Gasteiger partial charge in [-0.1, -0.05) is 18.2 Å². The molecule has 1 aromatic carbocycles. The molecule has 1 saturated heterocycles. The third-order valence-corrected chi connectivity index (χ3v) is 5.60. The van der Waals surface area contributed by atoms with E-state index in [0.29, 0.717) is 24.5 Å². The maximum Gasteiger partial charge on any atom is 0.227 e. The lowest BCUT2D eigenvalue weighted by molar-refractivity contribution is -0.131. The lowest BCUT2D eigenvalue weighted by Crippen LogP contribution is -2.40. The van der Waals surface area contributed by atoms with Gasteiger partial charge in [-0.25, -0.2) is 14.4 Å². The number of carbonyl (C=O) groups is 1. The van der Waals surface area contributed by atoms with Crippen LogP contribution in [0.3, 0.4) is 0 Å². The SMILES string of the molecule is CN(C)c1cc(C2CCCN(C(=O)Cc3ccccc3F)C2)nc(-c2cccnc2)n1. The molecule has 2 aromatic heterocycles. The van der Waals surface area contributed by atoms with Gasteiger partial charge in [-0.2, -0.15) is 0 Å². The molecule has 160 valence electrons. The fourth-order valence-electron chi connectivity index (χ4n) is 3.88. The van der Waals surface area contributed by atoms with Crippen molar-refractivity contribution in [2.24, 2.45) is 0 Å². The van der Waals surface area contributed by atoms with Crippen LogP contribution in [0.5, 0.6) is 0 Å². The van der Waals surface area contributed by atoms with Crippen LogP contribution in [-0.4, -0.2) is 52.9 Å². The number of pyridine rings is 1. The Bertz CT molecular complexity index is 1060. The van der Waals surface area contributed by atoms with Gasteiger partial charge in [-0.15, -0.1) is 0 Å². The Labute approximate surface area is 181 Å². The number of rotatable bonds is 5. The van der Waals surface area contributed by atoms with E-state index in [4.69, 9.17) is 4.98 Å². The monoisotopic (exact) mass is 419 g/mol. The Morgan fingerprint density at radius 3 is 2.77 bits per heavy atom. The van der Waals surface area contributed by atoms with Crippen LogP contribution in [0.4, 0.5) is 10.2 Å². The molecule has 1 atom stereocenters. The van der Waals surface area contributed by atoms with Gasteiger partial charge in [0.25, 0.3) is 0 Å². The summed E-state index contributed by atoms with van der Waals surface area (Å²) in [4.78, 5) is 30.3. The number of aromatic nitrogens is 3. The van der Waals surface area contributed by atoms with Gasteiger partial charge in [-0.05, 0) is 36.6 Å². The normalized spacial score (nSPS) is 16.2. The molecular weight excluding hydrogens is 393 g/mol. The summed E-state index contributed by atoms with van der Waals surface area (Å²) in [5, 5.41) is 0. The molecule has 7 heteroatoms. The molecule has 4 rings (SSSR count). The van der Waals surface area contributed by atoms with Gasteiger partial charge in [0.05, 0.1) is 12.1 Å². The van der Waals surface area contributed by atoms with Crippen molar-refractivity contribution in [3.8, 4) is 11.4 Å². The molecule has 1 aliphatic rings. The zero-order valence-corrected chi connectivity index (χ0v) is 17.8. The molecule has 0 spiro atoms. The zero-order chi connectivity index (χ0) is 21.8. The number of hydrogen-bond donors (Lipinski definition) is 0. The van der Waals surface area contributed by atoms with Gasteiger partial charge in [0.15, 0.2) is 5.82 Å². The van der Waals surface area contributed by atoms with Crippen LogP contribution in [0.15, 0.2) is 54.9 Å². The van der Waals surface area contributed by atoms with E-state index in [0.717, 1.165) is 29.9 Å². The van der Waals surface area contributed by atoms with Gasteiger partial charge in [0.1, 0.15) is 11.6 Å². The van der Waals surface area contributed by atoms with Crippen molar-refractivity contribution in [2.75, 3.05) is 32.1 Å². The van der Waals surface area contributed by atoms with Gasteiger partial charge in [0, 0.05) is 57.1 Å². The van der Waals surface area contributed by atoms with Crippen molar-refractivity contribution in [1.29, 1.82) is 0 Å². The van der Waals surface area contributed by atoms with Crippen LogP contribution < -0.4 is 4.90 Å². The van der Waals surface area contributed by atoms with Crippen LogP contribution in [0.1, 0.15) is 30.0 Å². The van der Waals surface area contributed by atoms with E-state index in [1.807, 2.05) is 42.1 Å². The van der Waals surface area contributed by atoms with Crippen molar-refractivity contribution in [1.82, 2.24) is 19.9 Å². The van der Waals surface area contributed by atoms with Gasteiger partial charge >= 0.3 is 0 Å². The lowest BCUT2D eigenvalue weighted by Gasteiger charge is -2.33. The second kappa shape index (κ2) is 9.20. The second-order valence-electron chi connectivity index (χ2n) is 8.06. The predicted molar refractivity (Wildman–Crippen MR) is 118 cm³/mol. The summed E-state index contributed by atoms with van der Waals surface area (Å²) >= 11 is 0. The van der Waals surface area contributed by atoms with E-state index < -0.39 is 0 Å². The first-order chi connectivity index (χ1) is 15.0. The first kappa shape index (κ1) is 20.9. The molecule has 3 heterocycles. The maximum absolute atomic E-state index is 14.0. The first-order valence-corrected chi connectivity index (χ1v) is 10.5. The Kier molecular flexibility index (Phi) is 6.21. The number of anilines is 1. The fourth-order valence-corrected chi connectivity index (χ4v) is 3.88. The Morgan fingerprint density at radius 1 is 1.19 bits per heavy atom. The number of piperidine rings is 1. The number of nitrogens with zero attached hydrogens (tertiary/aromatic N) is 5. The zero-order valence-electron chi connectivity index (χ0n) is 17.8. The summed E-state index contributed by atoms with van der Waals surface area (Å²) in [6.07, 6.45) is 5.38. The van der Waals surface area contributed by atoms with E-state index in [-0.39, 0.29) is 24.1 Å². The number of benzene rings is 1. The number of carbonyl (C=O) groups excluding carboxylic acids is 1. The third-order valence-electron chi connectivity index (χ3n) is 5.60. The van der Waals surface area contributed by atoms with Gasteiger partial charge < -0.3 is 9.80 Å². The molecular formula is C24H26FN5O. The van der Waals surface area contributed by atoms with Crippen LogP contribution in [0.25, 0.3) is 11.4 Å². The Balaban J connectivity index is 1.57. The molecule has 1 aliphatic heterocycles. The minimum absolute atomic E-state index is 0.0517. The topological polar surface area (TPSA) is 62.2 Å². The van der Waals surface area contributed by atoms with Crippen molar-refractivity contribution in [3.05, 3.63) is 71.9 Å². The highest BCUT2D eigenvalue weighted by Gasteiger charge is 2.27. The van der Waals surface area contributed by atoms with Crippen molar-refractivity contribution < 1.29 is 9.18 Å². The summed E-state index contributed by atoms with van der Waals surface area (Å²) in [5.41, 5.74) is 2.21. The Morgan fingerprint density at radius 2 is 2.03 bits per heavy atom. The molecule has 1 fully saturated rings. The van der Waals surface area contributed by atoms with Crippen LogP contribution in [0.2, 0.25) is 0 Å². The minimum atomic E-state index is -0.336. The number of amides is 1. The summed E-state index contributed by atoms with van der Waals surface area (Å²) < 4.78 is 14.0. The highest BCUT2D eigenvalue weighted by Crippen LogP contribution is 2.29. The average molecular weight is 420 g/mol. The van der Waals surface area contributed by atoms with Crippen molar-refractivity contribution in [3.63, 3.8) is 0 Å².